The standard InChI is InChI=1S/C21H15FN2O3S2/c22-15-7-11-17(12-8-15)29(26,27)13-20(25)23-16-9-5-14(6-10-16)21-24-18-3-1-2-4-19(18)28-21/h1-12H,13H2,(H,23,25). The van der Waals surface area contributed by atoms with Gasteiger partial charge in [-0.05, 0) is 60.7 Å². The highest BCUT2D eigenvalue weighted by Gasteiger charge is 2.19. The normalized spacial score (nSPS) is 11.5. The van der Waals surface area contributed by atoms with Gasteiger partial charge in [-0.1, -0.05) is 12.1 Å². The number of hydrogen-bond acceptors (Lipinski definition) is 5. The lowest BCUT2D eigenvalue weighted by Gasteiger charge is -2.07. The Labute approximate surface area is 170 Å². The van der Waals surface area contributed by atoms with E-state index < -0.39 is 27.3 Å². The molecule has 29 heavy (non-hydrogen) atoms. The molecule has 0 aliphatic carbocycles. The van der Waals surface area contributed by atoms with Crippen LogP contribution in [0.15, 0.2) is 77.7 Å². The van der Waals surface area contributed by atoms with E-state index in [0.29, 0.717) is 5.69 Å². The highest BCUT2D eigenvalue weighted by Crippen LogP contribution is 2.30. The summed E-state index contributed by atoms with van der Waals surface area (Å²) in [4.78, 5) is 16.7. The van der Waals surface area contributed by atoms with E-state index >= 15 is 0 Å². The molecule has 0 bridgehead atoms. The first-order valence-corrected chi connectivity index (χ1v) is 11.1. The van der Waals surface area contributed by atoms with Crippen molar-refractivity contribution in [3.05, 3.63) is 78.6 Å². The number of carbonyl (C=O) groups excluding carboxylic acids is 1. The van der Waals surface area contributed by atoms with Crippen molar-refractivity contribution in [1.29, 1.82) is 0 Å². The summed E-state index contributed by atoms with van der Waals surface area (Å²) >= 11 is 1.57. The maximum atomic E-state index is 13.0. The Morgan fingerprint density at radius 3 is 2.34 bits per heavy atom. The molecule has 1 aromatic heterocycles. The van der Waals surface area contributed by atoms with Gasteiger partial charge in [0, 0.05) is 11.3 Å². The second-order valence-corrected chi connectivity index (χ2v) is 9.35. The monoisotopic (exact) mass is 426 g/mol. The Balaban J connectivity index is 1.45. The van der Waals surface area contributed by atoms with Gasteiger partial charge >= 0.3 is 0 Å². The zero-order valence-corrected chi connectivity index (χ0v) is 16.6. The van der Waals surface area contributed by atoms with E-state index in [0.717, 1.165) is 45.1 Å². The van der Waals surface area contributed by atoms with Crippen LogP contribution in [0.4, 0.5) is 10.1 Å². The van der Waals surface area contributed by atoms with Crippen molar-refractivity contribution in [3.63, 3.8) is 0 Å². The van der Waals surface area contributed by atoms with E-state index in [9.17, 15) is 17.6 Å². The molecule has 0 saturated carbocycles. The van der Waals surface area contributed by atoms with Crippen LogP contribution in [0, 0.1) is 5.82 Å². The van der Waals surface area contributed by atoms with Crippen molar-refractivity contribution in [2.24, 2.45) is 0 Å². The molecule has 0 unspecified atom stereocenters. The fourth-order valence-electron chi connectivity index (χ4n) is 2.79. The number of nitrogens with zero attached hydrogens (tertiary/aromatic N) is 1. The fraction of sp³-hybridized carbons (Fsp3) is 0.0476. The molecule has 3 aromatic carbocycles. The average Bonchev–Trinajstić information content (AvgIpc) is 3.12. The number of amides is 1. The molecule has 0 fully saturated rings. The Morgan fingerprint density at radius 2 is 1.66 bits per heavy atom. The van der Waals surface area contributed by atoms with Crippen molar-refractivity contribution >= 4 is 43.0 Å². The average molecular weight is 426 g/mol. The molecule has 0 spiro atoms. The summed E-state index contributed by atoms with van der Waals surface area (Å²) in [6.07, 6.45) is 0. The number of anilines is 1. The second-order valence-electron chi connectivity index (χ2n) is 6.33. The quantitative estimate of drug-likeness (QED) is 0.476. The van der Waals surface area contributed by atoms with E-state index in [4.69, 9.17) is 0 Å². The van der Waals surface area contributed by atoms with Gasteiger partial charge in [0.05, 0.1) is 15.1 Å². The highest BCUT2D eigenvalue weighted by molar-refractivity contribution is 7.92. The number of para-hydroxylation sites is 1. The third kappa shape index (κ3) is 4.33. The molecule has 1 heterocycles. The van der Waals surface area contributed by atoms with Crippen molar-refractivity contribution in [2.45, 2.75) is 4.90 Å². The summed E-state index contributed by atoms with van der Waals surface area (Å²) in [5.74, 6) is -1.93. The Hall–Kier alpha value is -3.10. The van der Waals surface area contributed by atoms with E-state index in [-0.39, 0.29) is 4.90 Å². The Bertz CT molecular complexity index is 1250. The first kappa shape index (κ1) is 19.2. The van der Waals surface area contributed by atoms with Gasteiger partial charge < -0.3 is 5.32 Å². The number of halogens is 1. The molecule has 4 aromatic rings. The van der Waals surface area contributed by atoms with Crippen LogP contribution in [0.2, 0.25) is 0 Å². The molecule has 0 atom stereocenters. The van der Waals surface area contributed by atoms with Gasteiger partial charge in [-0.15, -0.1) is 11.3 Å². The van der Waals surface area contributed by atoms with Crippen LogP contribution in [-0.2, 0) is 14.6 Å². The molecule has 146 valence electrons. The predicted molar refractivity (Wildman–Crippen MR) is 112 cm³/mol. The maximum absolute atomic E-state index is 13.0. The number of carbonyl (C=O) groups is 1. The van der Waals surface area contributed by atoms with Gasteiger partial charge in [-0.2, -0.15) is 0 Å². The van der Waals surface area contributed by atoms with Crippen molar-refractivity contribution < 1.29 is 17.6 Å². The van der Waals surface area contributed by atoms with Crippen LogP contribution >= 0.6 is 11.3 Å². The number of aromatic nitrogens is 1. The molecular weight excluding hydrogens is 411 g/mol. The first-order valence-electron chi connectivity index (χ1n) is 8.65. The number of rotatable bonds is 5. The lowest BCUT2D eigenvalue weighted by atomic mass is 10.2. The first-order chi connectivity index (χ1) is 13.9. The molecule has 0 aliphatic heterocycles. The minimum absolute atomic E-state index is 0.0970. The maximum Gasteiger partial charge on any atom is 0.239 e. The summed E-state index contributed by atoms with van der Waals surface area (Å²) in [6.45, 7) is 0. The Morgan fingerprint density at radius 1 is 0.966 bits per heavy atom. The number of sulfone groups is 1. The summed E-state index contributed by atoms with van der Waals surface area (Å²) in [5, 5.41) is 3.44. The number of thiazole rings is 1. The van der Waals surface area contributed by atoms with Crippen molar-refractivity contribution in [3.8, 4) is 10.6 Å². The molecule has 0 aliphatic rings. The van der Waals surface area contributed by atoms with E-state index in [1.807, 2.05) is 36.4 Å². The van der Waals surface area contributed by atoms with Crippen LogP contribution in [0.5, 0.6) is 0 Å². The molecule has 5 nitrogen and oxygen atoms in total. The Kier molecular flexibility index (Phi) is 5.12. The molecule has 0 radical (unpaired) electrons. The SMILES string of the molecule is O=C(CS(=O)(=O)c1ccc(F)cc1)Nc1ccc(-c2nc3ccccc3s2)cc1. The zero-order chi connectivity index (χ0) is 20.4. The molecule has 8 heteroatoms. The molecule has 1 amide bonds. The number of benzene rings is 3. The summed E-state index contributed by atoms with van der Waals surface area (Å²) < 4.78 is 38.6. The van der Waals surface area contributed by atoms with Gasteiger partial charge in [-0.25, -0.2) is 17.8 Å². The topological polar surface area (TPSA) is 76.1 Å². The smallest absolute Gasteiger partial charge is 0.239 e. The minimum atomic E-state index is -3.85. The van der Waals surface area contributed by atoms with Crippen molar-refractivity contribution in [1.82, 2.24) is 4.98 Å². The van der Waals surface area contributed by atoms with Crippen LogP contribution in [-0.4, -0.2) is 25.1 Å². The molecule has 4 rings (SSSR count). The zero-order valence-electron chi connectivity index (χ0n) is 15.0. The van der Waals surface area contributed by atoms with Gasteiger partial charge in [0.2, 0.25) is 5.91 Å². The van der Waals surface area contributed by atoms with Gasteiger partial charge in [-0.3, -0.25) is 4.79 Å². The largest absolute Gasteiger partial charge is 0.325 e. The highest BCUT2D eigenvalue weighted by atomic mass is 32.2. The van der Waals surface area contributed by atoms with Gasteiger partial charge in [0.1, 0.15) is 16.6 Å². The van der Waals surface area contributed by atoms with Gasteiger partial charge in [0.15, 0.2) is 9.84 Å². The summed E-state index contributed by atoms with van der Waals surface area (Å²) in [5.41, 5.74) is 2.31. The van der Waals surface area contributed by atoms with E-state index in [1.54, 1.807) is 23.5 Å². The van der Waals surface area contributed by atoms with Crippen LogP contribution < -0.4 is 5.32 Å². The third-order valence-corrected chi connectivity index (χ3v) is 6.92. The lowest BCUT2D eigenvalue weighted by Crippen LogP contribution is -2.23. The van der Waals surface area contributed by atoms with Crippen LogP contribution in [0.3, 0.4) is 0 Å². The summed E-state index contributed by atoms with van der Waals surface area (Å²) in [7, 11) is -3.85. The lowest BCUT2D eigenvalue weighted by molar-refractivity contribution is -0.113. The molecule has 1 N–H and O–H groups in total. The van der Waals surface area contributed by atoms with Crippen LogP contribution in [0.25, 0.3) is 20.8 Å². The van der Waals surface area contributed by atoms with Crippen LogP contribution in [0.1, 0.15) is 0 Å². The predicted octanol–water partition coefficient (Wildman–Crippen LogP) is 4.51. The van der Waals surface area contributed by atoms with E-state index in [2.05, 4.69) is 10.3 Å². The van der Waals surface area contributed by atoms with Gasteiger partial charge in [0.25, 0.3) is 0 Å². The molecular formula is C21H15FN2O3S2. The molecule has 0 saturated heterocycles. The number of hydrogen-bond donors (Lipinski definition) is 1. The number of nitrogens with one attached hydrogen (secondary N) is 1. The van der Waals surface area contributed by atoms with Crippen molar-refractivity contribution in [2.75, 3.05) is 11.1 Å². The van der Waals surface area contributed by atoms with E-state index in [1.165, 1.54) is 0 Å². The fourth-order valence-corrected chi connectivity index (χ4v) is 4.89. The third-order valence-electron chi connectivity index (χ3n) is 4.20. The second kappa shape index (κ2) is 7.73. The summed E-state index contributed by atoms with van der Waals surface area (Å²) in [6, 6.07) is 19.3. The number of fused-ring (bicyclic) bond motifs is 1. The minimum Gasteiger partial charge on any atom is -0.325 e.